The molecule has 10 nitrogen and oxygen atoms in total. The molecule has 0 radical (unpaired) electrons. The van der Waals surface area contributed by atoms with Gasteiger partial charge in [0.25, 0.3) is 0 Å². The highest BCUT2D eigenvalue weighted by Gasteiger charge is 2.40. The van der Waals surface area contributed by atoms with Gasteiger partial charge in [-0.25, -0.2) is 4.79 Å². The maximum Gasteiger partial charge on any atom is 0.328 e. The summed E-state index contributed by atoms with van der Waals surface area (Å²) in [6.45, 7) is 4.69. The number of rotatable bonds is 9. The Morgan fingerprint density at radius 2 is 1.83 bits per heavy atom. The zero-order valence-electron chi connectivity index (χ0n) is 26.9. The van der Waals surface area contributed by atoms with Gasteiger partial charge in [0.15, 0.2) is 0 Å². The fourth-order valence-corrected chi connectivity index (χ4v) is 7.33. The number of likely N-dealkylation sites (N-methyl/N-ethyl adjacent to an activating group) is 1. The van der Waals surface area contributed by atoms with Crippen LogP contribution in [0, 0.1) is 11.8 Å². The Morgan fingerprint density at radius 1 is 1.04 bits per heavy atom. The van der Waals surface area contributed by atoms with E-state index in [-0.39, 0.29) is 30.2 Å². The largest absolute Gasteiger partial charge is 0.467 e. The minimum absolute atomic E-state index is 0.173. The molecule has 1 fully saturated rings. The van der Waals surface area contributed by atoms with Gasteiger partial charge in [-0.3, -0.25) is 19.3 Å². The predicted octanol–water partition coefficient (Wildman–Crippen LogP) is 3.07. The molecule has 242 valence electrons. The molecule has 3 heterocycles. The van der Waals surface area contributed by atoms with Crippen LogP contribution in [-0.4, -0.2) is 89.9 Å². The van der Waals surface area contributed by atoms with Crippen LogP contribution in [0.3, 0.4) is 0 Å². The highest BCUT2D eigenvalue weighted by Crippen LogP contribution is 2.40. The van der Waals surface area contributed by atoms with Gasteiger partial charge >= 0.3 is 5.97 Å². The van der Waals surface area contributed by atoms with Gasteiger partial charge in [-0.05, 0) is 60.6 Å². The summed E-state index contributed by atoms with van der Waals surface area (Å²) in [4.78, 5) is 61.2. The zero-order chi connectivity index (χ0) is 32.5. The average Bonchev–Trinajstić information content (AvgIpc) is 3.72. The first-order valence-electron chi connectivity index (χ1n) is 16.2. The van der Waals surface area contributed by atoms with Crippen LogP contribution in [0.2, 0.25) is 0 Å². The molecule has 3 N–H and O–H groups in total. The van der Waals surface area contributed by atoms with Crippen LogP contribution in [0.25, 0.3) is 16.5 Å². The maximum atomic E-state index is 13.9. The zero-order valence-corrected chi connectivity index (χ0v) is 26.9. The Hall–Kier alpha value is -4.44. The van der Waals surface area contributed by atoms with Crippen molar-refractivity contribution in [3.8, 4) is 0 Å². The molecule has 0 saturated carbocycles. The van der Waals surface area contributed by atoms with Crippen LogP contribution >= 0.6 is 0 Å². The molecule has 2 unspecified atom stereocenters. The fourth-order valence-electron chi connectivity index (χ4n) is 7.33. The van der Waals surface area contributed by atoms with E-state index in [1.165, 1.54) is 23.0 Å². The summed E-state index contributed by atoms with van der Waals surface area (Å²) in [5.74, 6) is -2.14. The van der Waals surface area contributed by atoms with Gasteiger partial charge in [-0.2, -0.15) is 0 Å². The lowest BCUT2D eigenvalue weighted by Crippen LogP contribution is -2.58. The van der Waals surface area contributed by atoms with Crippen LogP contribution in [0.15, 0.2) is 60.8 Å². The number of aromatic amines is 1. The Kier molecular flexibility index (Phi) is 8.99. The number of hydrogen-bond donors (Lipinski definition) is 3. The minimum Gasteiger partial charge on any atom is -0.467 e. The summed E-state index contributed by atoms with van der Waals surface area (Å²) in [6.07, 6.45) is 6.47. The second kappa shape index (κ2) is 13.1. The van der Waals surface area contributed by atoms with Crippen LogP contribution in [0.4, 0.5) is 0 Å². The van der Waals surface area contributed by atoms with Gasteiger partial charge in [0.2, 0.25) is 17.7 Å². The first-order chi connectivity index (χ1) is 22.2. The van der Waals surface area contributed by atoms with Gasteiger partial charge in [0, 0.05) is 42.7 Å². The standard InChI is InChI=1S/C36H43N5O5/c1-21(2)32(34(43)38-28(16-22-10-6-5-7-11-22)35(44)41-15-9-14-29(41)36(45)46-4)39-33(42)24-17-26-25-12-8-13-27-31(25)23(19-37-27)18-30(26)40(3)20-24/h5-8,10-13,17,19,21,24,28-30,32,37H,9,14-16,18,20H2,1-4H3,(H,38,43)(H,39,42)/t24?,28-,29+,30?,32-/m0/s1. The van der Waals surface area contributed by atoms with E-state index >= 15 is 0 Å². The number of carbonyl (C=O) groups excluding carboxylic acids is 4. The number of methoxy groups -OCH3 is 1. The number of H-pyrrole nitrogens is 1. The normalized spacial score (nSPS) is 22.2. The van der Waals surface area contributed by atoms with E-state index in [2.05, 4.69) is 44.9 Å². The van der Waals surface area contributed by atoms with Crippen molar-refractivity contribution in [2.45, 2.75) is 63.7 Å². The molecule has 3 aliphatic rings. The molecule has 0 bridgehead atoms. The molecule has 2 aromatic carbocycles. The molecule has 5 atom stereocenters. The van der Waals surface area contributed by atoms with Crippen LogP contribution in [0.5, 0.6) is 0 Å². The molecule has 3 aromatic rings. The van der Waals surface area contributed by atoms with E-state index in [1.807, 2.05) is 57.3 Å². The maximum absolute atomic E-state index is 13.9. The van der Waals surface area contributed by atoms with Crippen molar-refractivity contribution >= 4 is 40.2 Å². The van der Waals surface area contributed by atoms with Gasteiger partial charge in [-0.1, -0.05) is 62.4 Å². The smallest absolute Gasteiger partial charge is 0.328 e. The first-order valence-corrected chi connectivity index (χ1v) is 16.2. The molecule has 0 spiro atoms. The van der Waals surface area contributed by atoms with Crippen LogP contribution < -0.4 is 10.6 Å². The lowest BCUT2D eigenvalue weighted by Gasteiger charge is -2.39. The number of amides is 3. The van der Waals surface area contributed by atoms with Crippen molar-refractivity contribution in [2.24, 2.45) is 11.8 Å². The predicted molar refractivity (Wildman–Crippen MR) is 175 cm³/mol. The van der Waals surface area contributed by atoms with Gasteiger partial charge < -0.3 is 25.3 Å². The number of benzene rings is 2. The summed E-state index contributed by atoms with van der Waals surface area (Å²) in [5, 5.41) is 7.19. The number of aromatic nitrogens is 1. The topological polar surface area (TPSA) is 124 Å². The van der Waals surface area contributed by atoms with Crippen molar-refractivity contribution < 1.29 is 23.9 Å². The molecular formula is C36H43N5O5. The number of likely N-dealkylation sites (tertiary alicyclic amines) is 1. The van der Waals surface area contributed by atoms with Crippen molar-refractivity contribution in [1.82, 2.24) is 25.4 Å². The third kappa shape index (κ3) is 6.06. The lowest BCUT2D eigenvalue weighted by molar-refractivity contribution is -0.152. The number of ether oxygens (including phenoxy) is 1. The van der Waals surface area contributed by atoms with E-state index in [4.69, 9.17) is 4.74 Å². The summed E-state index contributed by atoms with van der Waals surface area (Å²) in [7, 11) is 3.36. The van der Waals surface area contributed by atoms with Gasteiger partial charge in [0.1, 0.15) is 18.1 Å². The van der Waals surface area contributed by atoms with Crippen molar-refractivity contribution in [3.63, 3.8) is 0 Å². The van der Waals surface area contributed by atoms with E-state index in [1.54, 1.807) is 0 Å². The van der Waals surface area contributed by atoms with E-state index in [9.17, 15) is 19.2 Å². The molecule has 6 rings (SSSR count). The summed E-state index contributed by atoms with van der Waals surface area (Å²) in [5.41, 5.74) is 5.52. The second-order valence-corrected chi connectivity index (χ2v) is 13.1. The van der Waals surface area contributed by atoms with Crippen LogP contribution in [-0.2, 0) is 36.8 Å². The SMILES string of the molecule is COC(=O)[C@H]1CCCN1C(=O)[C@H](Cc1ccccc1)NC(=O)[C@@H](NC(=O)C1C=C2c3cccc4[nH]cc(c34)CC2N(C)C1)C(C)C. The van der Waals surface area contributed by atoms with Crippen molar-refractivity contribution in [1.29, 1.82) is 0 Å². The number of nitrogens with zero attached hydrogens (tertiary/aromatic N) is 2. The summed E-state index contributed by atoms with van der Waals surface area (Å²) in [6, 6.07) is 13.4. The fraction of sp³-hybridized carbons (Fsp3) is 0.444. The number of nitrogens with one attached hydrogen (secondary N) is 3. The molecular weight excluding hydrogens is 582 g/mol. The molecule has 10 heteroatoms. The van der Waals surface area contributed by atoms with E-state index < -0.39 is 35.9 Å². The monoisotopic (exact) mass is 625 g/mol. The minimum atomic E-state index is -0.916. The number of fused-ring (bicyclic) bond motifs is 2. The molecule has 1 saturated heterocycles. The van der Waals surface area contributed by atoms with Crippen LogP contribution in [0.1, 0.15) is 43.4 Å². The lowest BCUT2D eigenvalue weighted by atomic mass is 9.79. The number of carbonyl (C=O) groups is 4. The Labute approximate surface area is 269 Å². The number of esters is 1. The third-order valence-corrected chi connectivity index (χ3v) is 9.76. The second-order valence-electron chi connectivity index (χ2n) is 13.1. The molecule has 1 aromatic heterocycles. The van der Waals surface area contributed by atoms with E-state index in [0.29, 0.717) is 25.9 Å². The summed E-state index contributed by atoms with van der Waals surface area (Å²) < 4.78 is 4.96. The average molecular weight is 626 g/mol. The Balaban J connectivity index is 1.21. The van der Waals surface area contributed by atoms with Crippen molar-refractivity contribution in [2.75, 3.05) is 27.2 Å². The van der Waals surface area contributed by atoms with Gasteiger partial charge in [-0.15, -0.1) is 0 Å². The third-order valence-electron chi connectivity index (χ3n) is 9.76. The molecule has 1 aliphatic carbocycles. The molecule has 46 heavy (non-hydrogen) atoms. The molecule has 3 amide bonds. The Morgan fingerprint density at radius 3 is 2.57 bits per heavy atom. The van der Waals surface area contributed by atoms with E-state index in [0.717, 1.165) is 28.6 Å². The molecule has 2 aliphatic heterocycles. The quantitative estimate of drug-likeness (QED) is 0.314. The Bertz CT molecular complexity index is 1660. The van der Waals surface area contributed by atoms with Gasteiger partial charge in [0.05, 0.1) is 13.0 Å². The highest BCUT2D eigenvalue weighted by molar-refractivity contribution is 6.00. The number of hydrogen-bond acceptors (Lipinski definition) is 6. The highest BCUT2D eigenvalue weighted by atomic mass is 16.5. The summed E-state index contributed by atoms with van der Waals surface area (Å²) >= 11 is 0. The van der Waals surface area contributed by atoms with Crippen molar-refractivity contribution in [3.05, 3.63) is 77.5 Å². The first kappa shape index (κ1) is 31.5.